The van der Waals surface area contributed by atoms with E-state index in [-0.39, 0.29) is 11.7 Å². The fourth-order valence-electron chi connectivity index (χ4n) is 3.78. The highest BCUT2D eigenvalue weighted by atomic mass is 19.1. The number of imidazole rings is 1. The van der Waals surface area contributed by atoms with Gasteiger partial charge in [0, 0.05) is 30.4 Å². The number of hydrogen-bond donors (Lipinski definition) is 0. The Hall–Kier alpha value is -3.51. The monoisotopic (exact) mass is 401 g/mol. The van der Waals surface area contributed by atoms with Crippen molar-refractivity contribution in [3.8, 4) is 22.4 Å². The summed E-state index contributed by atoms with van der Waals surface area (Å²) in [6.07, 6.45) is 3.76. The Labute approximate surface area is 173 Å². The molecular formula is C24H20FN3O2. The number of hydrogen-bond acceptors (Lipinski definition) is 3. The molecule has 0 atom stereocenters. The van der Waals surface area contributed by atoms with E-state index in [0.29, 0.717) is 31.9 Å². The fraction of sp³-hybridized carbons (Fsp3) is 0.167. The van der Waals surface area contributed by atoms with Crippen LogP contribution < -0.4 is 0 Å². The van der Waals surface area contributed by atoms with Crippen molar-refractivity contribution in [3.63, 3.8) is 0 Å². The molecule has 2 aromatic heterocycles. The second-order valence-corrected chi connectivity index (χ2v) is 7.28. The Morgan fingerprint density at radius 2 is 1.73 bits per heavy atom. The largest absolute Gasteiger partial charge is 0.378 e. The number of aromatic nitrogens is 2. The number of halogens is 1. The number of ether oxygens (including phenoxy) is 1. The summed E-state index contributed by atoms with van der Waals surface area (Å²) in [5.41, 5.74) is 5.19. The van der Waals surface area contributed by atoms with Gasteiger partial charge in [0.25, 0.3) is 5.91 Å². The van der Waals surface area contributed by atoms with Crippen molar-refractivity contribution < 1.29 is 13.9 Å². The molecule has 1 fully saturated rings. The van der Waals surface area contributed by atoms with Gasteiger partial charge in [0.15, 0.2) is 0 Å². The number of carbonyl (C=O) groups excluding carboxylic acids is 1. The van der Waals surface area contributed by atoms with Crippen LogP contribution in [0.5, 0.6) is 0 Å². The second kappa shape index (κ2) is 7.72. The van der Waals surface area contributed by atoms with Crippen molar-refractivity contribution in [3.05, 3.63) is 84.4 Å². The minimum Gasteiger partial charge on any atom is -0.378 e. The molecule has 3 heterocycles. The number of nitrogens with zero attached hydrogens (tertiary/aromatic N) is 3. The van der Waals surface area contributed by atoms with Crippen molar-refractivity contribution in [2.75, 3.05) is 26.3 Å². The third kappa shape index (κ3) is 3.46. The lowest BCUT2D eigenvalue weighted by atomic mass is 10.1. The molecule has 1 aliphatic heterocycles. The van der Waals surface area contributed by atoms with Crippen molar-refractivity contribution in [1.82, 2.24) is 14.3 Å². The third-order valence-electron chi connectivity index (χ3n) is 5.39. The Morgan fingerprint density at radius 1 is 0.933 bits per heavy atom. The normalized spacial score (nSPS) is 14.2. The SMILES string of the molecule is O=C(c1cccc(-c2cnc3cc(-c4ccc(F)cc4)ccn23)c1)N1CCOCC1. The molecule has 0 N–H and O–H groups in total. The van der Waals surface area contributed by atoms with Gasteiger partial charge in [-0.3, -0.25) is 9.20 Å². The number of amides is 1. The minimum absolute atomic E-state index is 0.0209. The predicted molar refractivity (Wildman–Crippen MR) is 113 cm³/mol. The van der Waals surface area contributed by atoms with E-state index in [4.69, 9.17) is 4.74 Å². The van der Waals surface area contributed by atoms with Crippen molar-refractivity contribution in [2.24, 2.45) is 0 Å². The second-order valence-electron chi connectivity index (χ2n) is 7.28. The first-order valence-corrected chi connectivity index (χ1v) is 9.89. The molecule has 0 aliphatic carbocycles. The van der Waals surface area contributed by atoms with Gasteiger partial charge in [-0.1, -0.05) is 24.3 Å². The van der Waals surface area contributed by atoms with Crippen LogP contribution in [0.15, 0.2) is 73.1 Å². The standard InChI is InChI=1S/C24H20FN3O2/c25-21-6-4-17(5-7-21)18-8-9-28-22(16-26-23(28)15-18)19-2-1-3-20(14-19)24(29)27-10-12-30-13-11-27/h1-9,14-16H,10-13H2. The topological polar surface area (TPSA) is 46.8 Å². The van der Waals surface area contributed by atoms with Crippen LogP contribution in [0.25, 0.3) is 28.0 Å². The van der Waals surface area contributed by atoms with Crippen LogP contribution in [-0.4, -0.2) is 46.5 Å². The summed E-state index contributed by atoms with van der Waals surface area (Å²) in [4.78, 5) is 19.2. The van der Waals surface area contributed by atoms with E-state index in [9.17, 15) is 9.18 Å². The summed E-state index contributed by atoms with van der Waals surface area (Å²) in [6, 6.07) is 18.0. The van der Waals surface area contributed by atoms with Crippen LogP contribution in [-0.2, 0) is 4.74 Å². The predicted octanol–water partition coefficient (Wildman–Crippen LogP) is 4.28. The molecule has 0 spiro atoms. The first kappa shape index (κ1) is 18.5. The summed E-state index contributed by atoms with van der Waals surface area (Å²) < 4.78 is 20.5. The first-order chi connectivity index (χ1) is 14.7. The summed E-state index contributed by atoms with van der Waals surface area (Å²) in [6.45, 7) is 2.39. The van der Waals surface area contributed by atoms with Gasteiger partial charge in [0.05, 0.1) is 25.1 Å². The van der Waals surface area contributed by atoms with Gasteiger partial charge in [0.2, 0.25) is 0 Å². The Kier molecular flexibility index (Phi) is 4.77. The summed E-state index contributed by atoms with van der Waals surface area (Å²) in [5.74, 6) is -0.234. The molecule has 0 radical (unpaired) electrons. The maximum Gasteiger partial charge on any atom is 0.254 e. The number of pyridine rings is 1. The Bertz CT molecular complexity index is 1210. The van der Waals surface area contributed by atoms with E-state index in [2.05, 4.69) is 4.98 Å². The first-order valence-electron chi connectivity index (χ1n) is 9.89. The highest BCUT2D eigenvalue weighted by Crippen LogP contribution is 2.26. The zero-order chi connectivity index (χ0) is 20.5. The van der Waals surface area contributed by atoms with Crippen molar-refractivity contribution >= 4 is 11.6 Å². The van der Waals surface area contributed by atoms with Crippen LogP contribution in [0.4, 0.5) is 4.39 Å². The molecule has 0 bridgehead atoms. The van der Waals surface area contributed by atoms with E-state index in [0.717, 1.165) is 28.0 Å². The molecule has 150 valence electrons. The summed E-state index contributed by atoms with van der Waals surface area (Å²) >= 11 is 0. The maximum atomic E-state index is 13.2. The Balaban J connectivity index is 1.47. The number of fused-ring (bicyclic) bond motifs is 1. The van der Waals surface area contributed by atoms with Gasteiger partial charge >= 0.3 is 0 Å². The number of carbonyl (C=O) groups is 1. The number of benzene rings is 2. The van der Waals surface area contributed by atoms with E-state index in [1.54, 1.807) is 12.1 Å². The molecule has 5 rings (SSSR count). The van der Waals surface area contributed by atoms with Crippen molar-refractivity contribution in [2.45, 2.75) is 0 Å². The average molecular weight is 401 g/mol. The highest BCUT2D eigenvalue weighted by Gasteiger charge is 2.19. The van der Waals surface area contributed by atoms with Crippen LogP contribution >= 0.6 is 0 Å². The minimum atomic E-state index is -0.255. The van der Waals surface area contributed by atoms with Gasteiger partial charge in [-0.05, 0) is 47.5 Å². The van der Waals surface area contributed by atoms with Crippen LogP contribution in [0, 0.1) is 5.82 Å². The molecule has 0 saturated carbocycles. The fourth-order valence-corrected chi connectivity index (χ4v) is 3.78. The quantitative estimate of drug-likeness (QED) is 0.515. The number of morpholine rings is 1. The van der Waals surface area contributed by atoms with E-state index in [1.165, 1.54) is 12.1 Å². The van der Waals surface area contributed by atoms with E-state index in [1.807, 2.05) is 58.1 Å². The van der Waals surface area contributed by atoms with Crippen LogP contribution in [0.1, 0.15) is 10.4 Å². The molecule has 1 amide bonds. The van der Waals surface area contributed by atoms with Crippen molar-refractivity contribution in [1.29, 1.82) is 0 Å². The average Bonchev–Trinajstić information content (AvgIpc) is 3.23. The van der Waals surface area contributed by atoms with Crippen LogP contribution in [0.3, 0.4) is 0 Å². The van der Waals surface area contributed by atoms with E-state index < -0.39 is 0 Å². The molecular weight excluding hydrogens is 381 g/mol. The summed E-state index contributed by atoms with van der Waals surface area (Å²) in [5, 5.41) is 0. The molecule has 30 heavy (non-hydrogen) atoms. The lowest BCUT2D eigenvalue weighted by Crippen LogP contribution is -2.40. The zero-order valence-corrected chi connectivity index (χ0v) is 16.3. The molecule has 4 aromatic rings. The smallest absolute Gasteiger partial charge is 0.254 e. The highest BCUT2D eigenvalue weighted by molar-refractivity contribution is 5.95. The lowest BCUT2D eigenvalue weighted by molar-refractivity contribution is 0.0303. The molecule has 2 aromatic carbocycles. The van der Waals surface area contributed by atoms with Gasteiger partial charge in [-0.25, -0.2) is 9.37 Å². The molecule has 1 aliphatic rings. The Morgan fingerprint density at radius 3 is 2.53 bits per heavy atom. The summed E-state index contributed by atoms with van der Waals surface area (Å²) in [7, 11) is 0. The number of rotatable bonds is 3. The molecule has 6 heteroatoms. The third-order valence-corrected chi connectivity index (χ3v) is 5.39. The van der Waals surface area contributed by atoms with Gasteiger partial charge in [-0.15, -0.1) is 0 Å². The van der Waals surface area contributed by atoms with Gasteiger partial charge in [0.1, 0.15) is 11.5 Å². The van der Waals surface area contributed by atoms with Gasteiger partial charge < -0.3 is 9.64 Å². The molecule has 1 saturated heterocycles. The zero-order valence-electron chi connectivity index (χ0n) is 16.3. The maximum absolute atomic E-state index is 13.2. The van der Waals surface area contributed by atoms with Crippen LogP contribution in [0.2, 0.25) is 0 Å². The molecule has 5 nitrogen and oxygen atoms in total. The molecule has 0 unspecified atom stereocenters. The van der Waals surface area contributed by atoms with Gasteiger partial charge in [-0.2, -0.15) is 0 Å². The lowest BCUT2D eigenvalue weighted by Gasteiger charge is -2.27. The van der Waals surface area contributed by atoms with E-state index >= 15 is 0 Å².